The Bertz CT molecular complexity index is 825. The van der Waals surface area contributed by atoms with Crippen molar-refractivity contribution in [1.82, 2.24) is 5.43 Å². The summed E-state index contributed by atoms with van der Waals surface area (Å²) < 4.78 is 19.3. The number of hydrazone groups is 1. The maximum Gasteiger partial charge on any atom is 0.249 e. The van der Waals surface area contributed by atoms with Gasteiger partial charge in [0.15, 0.2) is 0 Å². The van der Waals surface area contributed by atoms with Crippen molar-refractivity contribution in [3.63, 3.8) is 0 Å². The van der Waals surface area contributed by atoms with Crippen LogP contribution in [0.5, 0.6) is 5.75 Å². The van der Waals surface area contributed by atoms with Crippen LogP contribution in [0, 0.1) is 5.82 Å². The van der Waals surface area contributed by atoms with Crippen molar-refractivity contribution in [3.05, 3.63) is 58.3 Å². The topological polar surface area (TPSA) is 79.8 Å². The number of anilines is 1. The van der Waals surface area contributed by atoms with E-state index in [1.165, 1.54) is 30.5 Å². The number of benzene rings is 2. The van der Waals surface area contributed by atoms with Crippen LogP contribution >= 0.6 is 15.9 Å². The lowest BCUT2D eigenvalue weighted by Gasteiger charge is -2.08. The minimum Gasteiger partial charge on any atom is -0.493 e. The summed E-state index contributed by atoms with van der Waals surface area (Å²) in [5.74, 6) is -0.859. The summed E-state index contributed by atoms with van der Waals surface area (Å²) in [7, 11) is 0. The molecule has 0 saturated carbocycles. The van der Waals surface area contributed by atoms with Crippen molar-refractivity contribution >= 4 is 39.6 Å². The number of hydrogen-bond acceptors (Lipinski definition) is 4. The molecule has 0 aromatic heterocycles. The first-order chi connectivity index (χ1) is 13.0. The smallest absolute Gasteiger partial charge is 0.249 e. The van der Waals surface area contributed by atoms with Crippen LogP contribution in [0.1, 0.15) is 25.3 Å². The zero-order valence-electron chi connectivity index (χ0n) is 14.7. The Balaban J connectivity index is 1.88. The van der Waals surface area contributed by atoms with Gasteiger partial charge < -0.3 is 10.1 Å². The van der Waals surface area contributed by atoms with Crippen LogP contribution in [0.15, 0.2) is 52.0 Å². The number of nitrogens with one attached hydrogen (secondary N) is 2. The number of hydrogen-bond donors (Lipinski definition) is 2. The summed E-state index contributed by atoms with van der Waals surface area (Å²) in [6, 6.07) is 10.7. The van der Waals surface area contributed by atoms with E-state index in [1.807, 2.05) is 19.1 Å². The second-order valence-corrected chi connectivity index (χ2v) is 6.47. The first-order valence-electron chi connectivity index (χ1n) is 8.27. The molecule has 0 atom stereocenters. The Morgan fingerprint density at radius 1 is 1.19 bits per heavy atom. The molecule has 0 aliphatic rings. The molecule has 0 unspecified atom stereocenters. The van der Waals surface area contributed by atoms with Crippen LogP contribution in [0.2, 0.25) is 0 Å². The molecule has 0 radical (unpaired) electrons. The highest BCUT2D eigenvalue weighted by Crippen LogP contribution is 2.22. The number of ether oxygens (including phenoxy) is 1. The van der Waals surface area contributed by atoms with Gasteiger partial charge in [0.2, 0.25) is 11.8 Å². The van der Waals surface area contributed by atoms with E-state index >= 15 is 0 Å². The second-order valence-electron chi connectivity index (χ2n) is 5.56. The predicted molar refractivity (Wildman–Crippen MR) is 105 cm³/mol. The van der Waals surface area contributed by atoms with Gasteiger partial charge in [-0.1, -0.05) is 22.9 Å². The molecule has 2 N–H and O–H groups in total. The molecule has 0 spiro atoms. The van der Waals surface area contributed by atoms with Crippen LogP contribution in [-0.2, 0) is 9.59 Å². The van der Waals surface area contributed by atoms with Crippen LogP contribution in [0.4, 0.5) is 10.1 Å². The number of halogens is 2. The first-order valence-corrected chi connectivity index (χ1v) is 9.07. The van der Waals surface area contributed by atoms with Crippen molar-refractivity contribution in [2.45, 2.75) is 19.8 Å². The van der Waals surface area contributed by atoms with Gasteiger partial charge in [0.25, 0.3) is 0 Å². The average Bonchev–Trinajstić information content (AvgIpc) is 2.63. The first kappa shape index (κ1) is 20.6. The minimum absolute atomic E-state index is 0.407. The lowest BCUT2D eigenvalue weighted by Crippen LogP contribution is -2.24. The van der Waals surface area contributed by atoms with E-state index < -0.39 is 24.1 Å². The van der Waals surface area contributed by atoms with Gasteiger partial charge in [0, 0.05) is 15.7 Å². The summed E-state index contributed by atoms with van der Waals surface area (Å²) in [6.07, 6.45) is 1.91. The van der Waals surface area contributed by atoms with Crippen molar-refractivity contribution in [2.24, 2.45) is 5.10 Å². The number of amides is 2. The maximum absolute atomic E-state index is 12.8. The maximum atomic E-state index is 12.8. The van der Waals surface area contributed by atoms with Gasteiger partial charge in [-0.05, 0) is 48.9 Å². The molecule has 2 amide bonds. The van der Waals surface area contributed by atoms with Crippen LogP contribution in [-0.4, -0.2) is 24.6 Å². The average molecular weight is 436 g/mol. The number of nitrogens with zero attached hydrogens (tertiary/aromatic N) is 1. The highest BCUT2D eigenvalue weighted by atomic mass is 79.9. The molecule has 2 rings (SSSR count). The molecule has 142 valence electrons. The van der Waals surface area contributed by atoms with E-state index in [0.29, 0.717) is 23.6 Å². The molecular weight excluding hydrogens is 417 g/mol. The lowest BCUT2D eigenvalue weighted by molar-refractivity contribution is -0.126. The molecule has 0 saturated heterocycles. The number of carbonyl (C=O) groups excluding carboxylic acids is 2. The van der Waals surface area contributed by atoms with Crippen LogP contribution in [0.3, 0.4) is 0 Å². The highest BCUT2D eigenvalue weighted by Gasteiger charge is 2.09. The van der Waals surface area contributed by atoms with E-state index in [1.54, 1.807) is 6.07 Å². The molecule has 0 aliphatic heterocycles. The van der Waals surface area contributed by atoms with Crippen molar-refractivity contribution in [2.75, 3.05) is 11.9 Å². The monoisotopic (exact) mass is 435 g/mol. The molecule has 0 aliphatic carbocycles. The van der Waals surface area contributed by atoms with Gasteiger partial charge in [0.1, 0.15) is 18.0 Å². The Morgan fingerprint density at radius 3 is 2.63 bits per heavy atom. The van der Waals surface area contributed by atoms with E-state index in [2.05, 4.69) is 31.8 Å². The molecule has 27 heavy (non-hydrogen) atoms. The van der Waals surface area contributed by atoms with Gasteiger partial charge in [-0.15, -0.1) is 0 Å². The third-order valence-corrected chi connectivity index (χ3v) is 3.77. The molecule has 0 heterocycles. The Morgan fingerprint density at radius 2 is 1.93 bits per heavy atom. The SMILES string of the molecule is CCCOc1ccc(Br)cc1C=NNC(=O)CC(=O)Nc1ccc(F)cc1. The third-order valence-electron chi connectivity index (χ3n) is 3.28. The van der Waals surface area contributed by atoms with E-state index in [4.69, 9.17) is 4.74 Å². The number of carbonyl (C=O) groups is 2. The minimum atomic E-state index is -0.572. The summed E-state index contributed by atoms with van der Waals surface area (Å²) in [5, 5.41) is 6.37. The predicted octanol–water partition coefficient (Wildman–Crippen LogP) is 3.86. The Kier molecular flexibility index (Phi) is 7.94. The Hall–Kier alpha value is -2.74. The number of rotatable bonds is 8. The molecule has 2 aromatic carbocycles. The van der Waals surface area contributed by atoms with E-state index in [9.17, 15) is 14.0 Å². The van der Waals surface area contributed by atoms with E-state index in [-0.39, 0.29) is 0 Å². The summed E-state index contributed by atoms with van der Waals surface area (Å²) in [5.41, 5.74) is 3.39. The van der Waals surface area contributed by atoms with Gasteiger partial charge in [-0.2, -0.15) is 5.10 Å². The fraction of sp³-hybridized carbons (Fsp3) is 0.211. The molecule has 0 fully saturated rings. The van der Waals surface area contributed by atoms with Gasteiger partial charge in [0.05, 0.1) is 12.8 Å². The van der Waals surface area contributed by atoms with Gasteiger partial charge >= 0.3 is 0 Å². The summed E-state index contributed by atoms with van der Waals surface area (Å²) in [6.45, 7) is 2.57. The molecule has 2 aromatic rings. The fourth-order valence-corrected chi connectivity index (χ4v) is 2.44. The summed E-state index contributed by atoms with van der Waals surface area (Å²) >= 11 is 3.37. The van der Waals surface area contributed by atoms with Crippen molar-refractivity contribution in [1.29, 1.82) is 0 Å². The molecule has 8 heteroatoms. The van der Waals surface area contributed by atoms with Gasteiger partial charge in [-0.25, -0.2) is 9.82 Å². The molecule has 6 nitrogen and oxygen atoms in total. The molecular formula is C19H19BrFN3O3. The standard InChI is InChI=1S/C19H19BrFN3O3/c1-2-9-27-17-8-3-14(20)10-13(17)12-22-24-19(26)11-18(25)23-16-6-4-15(21)5-7-16/h3-8,10,12H,2,9,11H2,1H3,(H,23,25)(H,24,26). The third kappa shape index (κ3) is 7.18. The summed E-state index contributed by atoms with van der Waals surface area (Å²) in [4.78, 5) is 23.6. The second kappa shape index (κ2) is 10.4. The highest BCUT2D eigenvalue weighted by molar-refractivity contribution is 9.10. The van der Waals surface area contributed by atoms with Gasteiger partial charge in [-0.3, -0.25) is 9.59 Å². The van der Waals surface area contributed by atoms with Crippen LogP contribution in [0.25, 0.3) is 0 Å². The largest absolute Gasteiger partial charge is 0.493 e. The zero-order valence-corrected chi connectivity index (χ0v) is 16.3. The van der Waals surface area contributed by atoms with Crippen molar-refractivity contribution < 1.29 is 18.7 Å². The quantitative estimate of drug-likeness (QED) is 0.375. The Labute approximate surface area is 164 Å². The lowest BCUT2D eigenvalue weighted by atomic mass is 10.2. The van der Waals surface area contributed by atoms with Crippen molar-refractivity contribution in [3.8, 4) is 5.75 Å². The van der Waals surface area contributed by atoms with Crippen LogP contribution < -0.4 is 15.5 Å². The zero-order chi connectivity index (χ0) is 19.6. The fourth-order valence-electron chi connectivity index (χ4n) is 2.06. The normalized spacial score (nSPS) is 10.6. The van der Waals surface area contributed by atoms with E-state index in [0.717, 1.165) is 10.9 Å². The molecule has 0 bridgehead atoms.